The fourth-order valence-electron chi connectivity index (χ4n) is 3.72. The van der Waals surface area contributed by atoms with E-state index in [1.54, 1.807) is 25.2 Å². The lowest BCUT2D eigenvalue weighted by Crippen LogP contribution is -2.43. The standard InChI is InChI=1S/C18H25ClN2O2/c1-20-18(22)16-12-13(19)6-7-17(16)23-15-8-10-21(11-9-15)14-4-2-3-5-14/h6-7,12,14-15H,2-5,8-11H2,1H3,(H,20,22). The van der Waals surface area contributed by atoms with Crippen molar-refractivity contribution < 1.29 is 9.53 Å². The van der Waals surface area contributed by atoms with Crippen molar-refractivity contribution in [1.82, 2.24) is 10.2 Å². The molecule has 0 aromatic heterocycles. The van der Waals surface area contributed by atoms with Gasteiger partial charge in [-0.1, -0.05) is 24.4 Å². The first kappa shape index (κ1) is 16.6. The van der Waals surface area contributed by atoms with Crippen LogP contribution in [0.25, 0.3) is 0 Å². The lowest BCUT2D eigenvalue weighted by Gasteiger charge is -2.36. The number of hydrogen-bond donors (Lipinski definition) is 1. The minimum atomic E-state index is -0.161. The Morgan fingerprint density at radius 2 is 1.91 bits per heavy atom. The second-order valence-corrected chi connectivity index (χ2v) is 6.95. The minimum Gasteiger partial charge on any atom is -0.489 e. The second-order valence-electron chi connectivity index (χ2n) is 6.51. The first-order chi connectivity index (χ1) is 11.2. The van der Waals surface area contributed by atoms with Crippen molar-refractivity contribution in [3.8, 4) is 5.75 Å². The van der Waals surface area contributed by atoms with Gasteiger partial charge in [0, 0.05) is 31.2 Å². The molecule has 0 radical (unpaired) electrons. The van der Waals surface area contributed by atoms with Crippen LogP contribution in [-0.4, -0.2) is 43.1 Å². The fraction of sp³-hybridized carbons (Fsp3) is 0.611. The molecule has 1 aliphatic heterocycles. The number of benzene rings is 1. The Morgan fingerprint density at radius 3 is 2.57 bits per heavy atom. The van der Waals surface area contributed by atoms with Gasteiger partial charge in [0.1, 0.15) is 11.9 Å². The zero-order valence-electron chi connectivity index (χ0n) is 13.7. The van der Waals surface area contributed by atoms with E-state index in [2.05, 4.69) is 10.2 Å². The van der Waals surface area contributed by atoms with Crippen molar-refractivity contribution in [1.29, 1.82) is 0 Å². The Bertz CT molecular complexity index is 550. The highest BCUT2D eigenvalue weighted by molar-refractivity contribution is 6.31. The van der Waals surface area contributed by atoms with Crippen molar-refractivity contribution in [3.05, 3.63) is 28.8 Å². The molecule has 0 atom stereocenters. The average Bonchev–Trinajstić information content (AvgIpc) is 3.11. The Kier molecular flexibility index (Phi) is 5.44. The number of nitrogens with one attached hydrogen (secondary N) is 1. The molecule has 0 spiro atoms. The molecule has 1 aromatic carbocycles. The number of amides is 1. The van der Waals surface area contributed by atoms with Crippen molar-refractivity contribution in [2.75, 3.05) is 20.1 Å². The normalized spacial score (nSPS) is 20.6. The summed E-state index contributed by atoms with van der Waals surface area (Å²) in [6.45, 7) is 2.19. The van der Waals surface area contributed by atoms with Crippen LogP contribution in [0, 0.1) is 0 Å². The molecule has 23 heavy (non-hydrogen) atoms. The molecule has 1 amide bonds. The van der Waals surface area contributed by atoms with E-state index < -0.39 is 0 Å². The SMILES string of the molecule is CNC(=O)c1cc(Cl)ccc1OC1CCN(C2CCCC2)CC1. The van der Waals surface area contributed by atoms with Gasteiger partial charge in [0.2, 0.25) is 0 Å². The van der Waals surface area contributed by atoms with E-state index in [0.717, 1.165) is 32.0 Å². The molecular weight excluding hydrogens is 312 g/mol. The summed E-state index contributed by atoms with van der Waals surface area (Å²) in [5.41, 5.74) is 0.512. The van der Waals surface area contributed by atoms with Crippen molar-refractivity contribution in [3.63, 3.8) is 0 Å². The Hall–Kier alpha value is -1.26. The number of ether oxygens (including phenoxy) is 1. The molecule has 1 aliphatic carbocycles. The highest BCUT2D eigenvalue weighted by atomic mass is 35.5. The number of hydrogen-bond acceptors (Lipinski definition) is 3. The zero-order valence-corrected chi connectivity index (χ0v) is 14.4. The predicted octanol–water partition coefficient (Wildman–Crippen LogP) is 3.49. The molecule has 0 bridgehead atoms. The van der Waals surface area contributed by atoms with E-state index in [0.29, 0.717) is 16.3 Å². The van der Waals surface area contributed by atoms with Gasteiger partial charge in [-0.15, -0.1) is 0 Å². The van der Waals surface area contributed by atoms with Gasteiger partial charge in [0.25, 0.3) is 5.91 Å². The lowest BCUT2D eigenvalue weighted by molar-refractivity contribution is 0.0751. The van der Waals surface area contributed by atoms with Crippen LogP contribution >= 0.6 is 11.6 Å². The number of rotatable bonds is 4. The zero-order chi connectivity index (χ0) is 16.2. The first-order valence-corrected chi connectivity index (χ1v) is 8.97. The largest absolute Gasteiger partial charge is 0.489 e. The number of piperidine rings is 1. The molecule has 0 unspecified atom stereocenters. The Labute approximate surface area is 143 Å². The van der Waals surface area contributed by atoms with Gasteiger partial charge in [0.05, 0.1) is 5.56 Å². The average molecular weight is 337 g/mol. The molecule has 2 aliphatic rings. The van der Waals surface area contributed by atoms with Gasteiger partial charge < -0.3 is 15.0 Å². The molecule has 2 fully saturated rings. The van der Waals surface area contributed by atoms with E-state index in [-0.39, 0.29) is 12.0 Å². The van der Waals surface area contributed by atoms with Gasteiger partial charge in [0.15, 0.2) is 0 Å². The summed E-state index contributed by atoms with van der Waals surface area (Å²) < 4.78 is 6.13. The van der Waals surface area contributed by atoms with Gasteiger partial charge >= 0.3 is 0 Å². The molecule has 3 rings (SSSR count). The summed E-state index contributed by atoms with van der Waals surface area (Å²) in [5, 5.41) is 3.19. The minimum absolute atomic E-state index is 0.161. The summed E-state index contributed by atoms with van der Waals surface area (Å²) in [6.07, 6.45) is 7.67. The molecule has 126 valence electrons. The number of carbonyl (C=O) groups is 1. The summed E-state index contributed by atoms with van der Waals surface area (Å²) >= 11 is 6.01. The van der Waals surface area contributed by atoms with Crippen molar-refractivity contribution in [2.24, 2.45) is 0 Å². The van der Waals surface area contributed by atoms with Crippen LogP contribution in [0.5, 0.6) is 5.75 Å². The molecule has 5 heteroatoms. The maximum absolute atomic E-state index is 12.0. The highest BCUT2D eigenvalue weighted by Gasteiger charge is 2.28. The van der Waals surface area contributed by atoms with Gasteiger partial charge in [-0.3, -0.25) is 4.79 Å². The van der Waals surface area contributed by atoms with Gasteiger partial charge in [-0.25, -0.2) is 0 Å². The summed E-state index contributed by atoms with van der Waals surface area (Å²) in [5.74, 6) is 0.471. The number of likely N-dealkylation sites (tertiary alicyclic amines) is 1. The van der Waals surface area contributed by atoms with Gasteiger partial charge in [-0.2, -0.15) is 0 Å². The number of nitrogens with zero attached hydrogens (tertiary/aromatic N) is 1. The van der Waals surface area contributed by atoms with Crippen molar-refractivity contribution >= 4 is 17.5 Å². The lowest BCUT2D eigenvalue weighted by atomic mass is 10.0. The molecule has 1 saturated heterocycles. The Morgan fingerprint density at radius 1 is 1.22 bits per heavy atom. The van der Waals surface area contributed by atoms with E-state index >= 15 is 0 Å². The predicted molar refractivity (Wildman–Crippen MR) is 92.3 cm³/mol. The van der Waals surface area contributed by atoms with E-state index in [4.69, 9.17) is 16.3 Å². The second kappa shape index (κ2) is 7.54. The topological polar surface area (TPSA) is 41.6 Å². The third-order valence-electron chi connectivity index (χ3n) is 5.02. The maximum Gasteiger partial charge on any atom is 0.254 e. The Balaban J connectivity index is 1.61. The number of carbonyl (C=O) groups excluding carboxylic acids is 1. The van der Waals surface area contributed by atoms with Crippen LogP contribution < -0.4 is 10.1 Å². The molecule has 1 heterocycles. The maximum atomic E-state index is 12.0. The van der Waals surface area contributed by atoms with Gasteiger partial charge in [-0.05, 0) is 43.9 Å². The monoisotopic (exact) mass is 336 g/mol. The van der Waals surface area contributed by atoms with Crippen LogP contribution in [0.15, 0.2) is 18.2 Å². The van der Waals surface area contributed by atoms with Crippen molar-refractivity contribution in [2.45, 2.75) is 50.7 Å². The van der Waals surface area contributed by atoms with Crippen LogP contribution in [-0.2, 0) is 0 Å². The summed E-state index contributed by atoms with van der Waals surface area (Å²) in [4.78, 5) is 14.6. The van der Waals surface area contributed by atoms with E-state index in [1.807, 2.05) is 0 Å². The number of halogens is 1. The summed E-state index contributed by atoms with van der Waals surface area (Å²) in [7, 11) is 1.62. The third-order valence-corrected chi connectivity index (χ3v) is 5.26. The highest BCUT2D eigenvalue weighted by Crippen LogP contribution is 2.29. The van der Waals surface area contributed by atoms with Crippen LogP contribution in [0.3, 0.4) is 0 Å². The smallest absolute Gasteiger partial charge is 0.254 e. The third kappa shape index (κ3) is 3.99. The molecule has 1 saturated carbocycles. The van der Waals surface area contributed by atoms with Crippen LogP contribution in [0.1, 0.15) is 48.9 Å². The molecule has 1 N–H and O–H groups in total. The van der Waals surface area contributed by atoms with Crippen LogP contribution in [0.4, 0.5) is 0 Å². The van der Waals surface area contributed by atoms with E-state index in [1.165, 1.54) is 25.7 Å². The first-order valence-electron chi connectivity index (χ1n) is 8.59. The summed E-state index contributed by atoms with van der Waals surface area (Å²) in [6, 6.07) is 6.03. The van der Waals surface area contributed by atoms with E-state index in [9.17, 15) is 4.79 Å². The van der Waals surface area contributed by atoms with Crippen LogP contribution in [0.2, 0.25) is 5.02 Å². The molecular formula is C18H25ClN2O2. The fourth-order valence-corrected chi connectivity index (χ4v) is 3.90. The molecule has 1 aromatic rings. The molecule has 4 nitrogen and oxygen atoms in total. The quantitative estimate of drug-likeness (QED) is 0.915.